The molecule has 0 aliphatic carbocycles. The fraction of sp³-hybridized carbons (Fsp3) is 0.375. The zero-order valence-corrected chi connectivity index (χ0v) is 11.0. The van der Waals surface area contributed by atoms with Crippen molar-refractivity contribution in [3.05, 3.63) is 52.6 Å². The average molecular weight is 230 g/mol. The van der Waals surface area contributed by atoms with Gasteiger partial charge in [0.25, 0.3) is 0 Å². The Balaban J connectivity index is 2.63. The smallest absolute Gasteiger partial charge is 0.0682 e. The molecule has 0 aromatic heterocycles. The van der Waals surface area contributed by atoms with Crippen molar-refractivity contribution < 1.29 is 5.11 Å². The van der Waals surface area contributed by atoms with Crippen molar-refractivity contribution in [2.24, 2.45) is 0 Å². The Kier molecular flexibility index (Phi) is 5.71. The largest absolute Gasteiger partial charge is 0.392 e. The molecule has 0 unspecified atom stereocenters. The van der Waals surface area contributed by atoms with Crippen LogP contribution in [0, 0.1) is 0 Å². The summed E-state index contributed by atoms with van der Waals surface area (Å²) in [4.78, 5) is 0. The molecule has 1 rings (SSSR count). The van der Waals surface area contributed by atoms with E-state index in [0.29, 0.717) is 0 Å². The molecule has 0 radical (unpaired) electrons. The molecular weight excluding hydrogens is 208 g/mol. The third-order valence-corrected chi connectivity index (χ3v) is 2.64. The van der Waals surface area contributed by atoms with Gasteiger partial charge in [0.2, 0.25) is 0 Å². The van der Waals surface area contributed by atoms with Crippen LogP contribution in [0.25, 0.3) is 6.08 Å². The van der Waals surface area contributed by atoms with E-state index in [1.807, 2.05) is 18.2 Å². The van der Waals surface area contributed by atoms with Gasteiger partial charge in [-0.3, -0.25) is 0 Å². The van der Waals surface area contributed by atoms with Crippen LogP contribution in [0.1, 0.15) is 44.7 Å². The quantitative estimate of drug-likeness (QED) is 0.746. The van der Waals surface area contributed by atoms with E-state index in [9.17, 15) is 0 Å². The summed E-state index contributed by atoms with van der Waals surface area (Å²) >= 11 is 0. The number of rotatable bonds is 5. The molecule has 92 valence electrons. The first-order valence-electron chi connectivity index (χ1n) is 6.12. The molecule has 1 N–H and O–H groups in total. The monoisotopic (exact) mass is 230 g/mol. The Morgan fingerprint density at radius 1 is 1.24 bits per heavy atom. The Labute approximate surface area is 104 Å². The van der Waals surface area contributed by atoms with Crippen molar-refractivity contribution in [3.8, 4) is 0 Å². The summed E-state index contributed by atoms with van der Waals surface area (Å²) in [6.07, 6.45) is 6.65. The molecule has 0 bridgehead atoms. The number of allylic oxidation sites excluding steroid dienone is 3. The van der Waals surface area contributed by atoms with Crippen LogP contribution in [-0.2, 0) is 6.61 Å². The van der Waals surface area contributed by atoms with E-state index in [1.54, 1.807) is 0 Å². The van der Waals surface area contributed by atoms with Crippen LogP contribution < -0.4 is 0 Å². The predicted octanol–water partition coefficient (Wildman–Crippen LogP) is 4.33. The molecule has 0 saturated heterocycles. The maximum absolute atomic E-state index is 9.07. The molecule has 0 heterocycles. The maximum Gasteiger partial charge on any atom is 0.0682 e. The van der Waals surface area contributed by atoms with Crippen LogP contribution in [0.3, 0.4) is 0 Å². The van der Waals surface area contributed by atoms with Gasteiger partial charge in [-0.25, -0.2) is 0 Å². The third kappa shape index (κ3) is 5.50. The van der Waals surface area contributed by atoms with Gasteiger partial charge in [-0.1, -0.05) is 41.5 Å². The first kappa shape index (κ1) is 13.7. The minimum absolute atomic E-state index is 0.110. The van der Waals surface area contributed by atoms with Crippen molar-refractivity contribution in [3.63, 3.8) is 0 Å². The molecule has 0 spiro atoms. The summed E-state index contributed by atoms with van der Waals surface area (Å²) in [5, 5.41) is 9.07. The van der Waals surface area contributed by atoms with E-state index < -0.39 is 0 Å². The highest BCUT2D eigenvalue weighted by molar-refractivity contribution is 5.53. The summed E-state index contributed by atoms with van der Waals surface area (Å²) in [6.45, 7) is 6.52. The topological polar surface area (TPSA) is 20.2 Å². The lowest BCUT2D eigenvalue weighted by molar-refractivity contribution is 0.282. The molecule has 0 fully saturated rings. The molecule has 1 heteroatoms. The minimum atomic E-state index is 0.110. The molecule has 0 aliphatic heterocycles. The van der Waals surface area contributed by atoms with Gasteiger partial charge in [0.1, 0.15) is 0 Å². The standard InChI is InChI=1S/C16H22O/c1-13(2)6-4-7-14(3)10-15-8-5-9-16(11-15)12-17/h5-6,8-11,17H,4,7,12H2,1-3H3. The number of aliphatic hydroxyl groups is 1. The van der Waals surface area contributed by atoms with Gasteiger partial charge >= 0.3 is 0 Å². The summed E-state index contributed by atoms with van der Waals surface area (Å²) < 4.78 is 0. The van der Waals surface area contributed by atoms with Crippen LogP contribution in [0.5, 0.6) is 0 Å². The molecule has 0 atom stereocenters. The molecule has 1 aromatic rings. The van der Waals surface area contributed by atoms with Crippen molar-refractivity contribution in [1.82, 2.24) is 0 Å². The van der Waals surface area contributed by atoms with Crippen LogP contribution in [-0.4, -0.2) is 5.11 Å². The van der Waals surface area contributed by atoms with Gasteiger partial charge in [0.05, 0.1) is 6.61 Å². The lowest BCUT2D eigenvalue weighted by atomic mass is 10.1. The van der Waals surface area contributed by atoms with Crippen molar-refractivity contribution >= 4 is 6.08 Å². The van der Waals surface area contributed by atoms with E-state index in [4.69, 9.17) is 5.11 Å². The molecule has 0 amide bonds. The highest BCUT2D eigenvalue weighted by atomic mass is 16.3. The summed E-state index contributed by atoms with van der Waals surface area (Å²) in [7, 11) is 0. The third-order valence-electron chi connectivity index (χ3n) is 2.64. The van der Waals surface area contributed by atoms with Gasteiger partial charge in [-0.15, -0.1) is 0 Å². The van der Waals surface area contributed by atoms with Crippen LogP contribution in [0.4, 0.5) is 0 Å². The normalized spacial score (nSPS) is 11.4. The van der Waals surface area contributed by atoms with Crippen LogP contribution in [0.15, 0.2) is 41.5 Å². The van der Waals surface area contributed by atoms with Gasteiger partial charge in [-0.2, -0.15) is 0 Å². The van der Waals surface area contributed by atoms with E-state index in [0.717, 1.165) is 18.4 Å². The van der Waals surface area contributed by atoms with Gasteiger partial charge < -0.3 is 5.11 Å². The fourth-order valence-corrected chi connectivity index (χ4v) is 1.73. The van der Waals surface area contributed by atoms with E-state index in [1.165, 1.54) is 16.7 Å². The van der Waals surface area contributed by atoms with Crippen molar-refractivity contribution in [1.29, 1.82) is 0 Å². The first-order valence-corrected chi connectivity index (χ1v) is 6.12. The molecule has 17 heavy (non-hydrogen) atoms. The second-order valence-electron chi connectivity index (χ2n) is 4.71. The van der Waals surface area contributed by atoms with Gasteiger partial charge in [0, 0.05) is 0 Å². The lowest BCUT2D eigenvalue weighted by Gasteiger charge is -2.02. The second kappa shape index (κ2) is 7.08. The van der Waals surface area contributed by atoms with E-state index >= 15 is 0 Å². The molecular formula is C16H22O. The number of hydrogen-bond acceptors (Lipinski definition) is 1. The van der Waals surface area contributed by atoms with E-state index in [-0.39, 0.29) is 6.61 Å². The lowest BCUT2D eigenvalue weighted by Crippen LogP contribution is -1.84. The number of benzene rings is 1. The van der Waals surface area contributed by atoms with Gasteiger partial charge in [-0.05, 0) is 50.8 Å². The fourth-order valence-electron chi connectivity index (χ4n) is 1.73. The Morgan fingerprint density at radius 3 is 2.65 bits per heavy atom. The number of aliphatic hydroxyl groups excluding tert-OH is 1. The second-order valence-corrected chi connectivity index (χ2v) is 4.71. The minimum Gasteiger partial charge on any atom is -0.392 e. The first-order chi connectivity index (χ1) is 8.11. The zero-order valence-electron chi connectivity index (χ0n) is 11.0. The summed E-state index contributed by atoms with van der Waals surface area (Å²) in [5.74, 6) is 0. The van der Waals surface area contributed by atoms with Crippen LogP contribution in [0.2, 0.25) is 0 Å². The summed E-state index contributed by atoms with van der Waals surface area (Å²) in [6, 6.07) is 8.03. The maximum atomic E-state index is 9.07. The molecule has 0 saturated carbocycles. The SMILES string of the molecule is CC(C)=CCCC(C)=Cc1cccc(CO)c1. The molecule has 0 aliphatic rings. The van der Waals surface area contributed by atoms with E-state index in [2.05, 4.69) is 39.0 Å². The highest BCUT2D eigenvalue weighted by Gasteiger charge is 1.94. The van der Waals surface area contributed by atoms with Crippen molar-refractivity contribution in [2.75, 3.05) is 0 Å². The predicted molar refractivity (Wildman–Crippen MR) is 74.7 cm³/mol. The average Bonchev–Trinajstić information content (AvgIpc) is 2.28. The molecule has 1 nitrogen and oxygen atoms in total. The Bertz CT molecular complexity index is 409. The molecule has 1 aromatic carbocycles. The highest BCUT2D eigenvalue weighted by Crippen LogP contribution is 2.13. The van der Waals surface area contributed by atoms with Crippen molar-refractivity contribution in [2.45, 2.75) is 40.2 Å². The number of hydrogen-bond donors (Lipinski definition) is 1. The Morgan fingerprint density at radius 2 is 2.00 bits per heavy atom. The van der Waals surface area contributed by atoms with Gasteiger partial charge in [0.15, 0.2) is 0 Å². The van der Waals surface area contributed by atoms with Crippen LogP contribution >= 0.6 is 0 Å². The Hall–Kier alpha value is -1.34. The summed E-state index contributed by atoms with van der Waals surface area (Å²) in [5.41, 5.74) is 4.89. The zero-order chi connectivity index (χ0) is 12.7.